The molecule has 2 aliphatic rings. The van der Waals surface area contributed by atoms with Crippen molar-refractivity contribution in [1.29, 1.82) is 0 Å². The summed E-state index contributed by atoms with van der Waals surface area (Å²) in [6.45, 7) is 4.49. The van der Waals surface area contributed by atoms with Crippen LogP contribution in [0, 0.1) is 5.41 Å². The minimum Gasteiger partial charge on any atom is -0.392 e. The van der Waals surface area contributed by atoms with Crippen molar-refractivity contribution >= 4 is 28.2 Å². The first kappa shape index (κ1) is 18.9. The van der Waals surface area contributed by atoms with E-state index in [-0.39, 0.29) is 11.5 Å². The Morgan fingerprint density at radius 3 is 2.83 bits per heavy atom. The van der Waals surface area contributed by atoms with Gasteiger partial charge in [0.15, 0.2) is 0 Å². The first-order valence-electron chi connectivity index (χ1n) is 10.3. The summed E-state index contributed by atoms with van der Waals surface area (Å²) in [5.74, 6) is 0.966. The van der Waals surface area contributed by atoms with Crippen LogP contribution >= 0.6 is 11.6 Å². The Kier molecular flexibility index (Phi) is 4.94. The molecule has 0 aliphatic carbocycles. The van der Waals surface area contributed by atoms with E-state index in [0.29, 0.717) is 5.02 Å². The number of piperidine rings is 2. The van der Waals surface area contributed by atoms with Gasteiger partial charge in [-0.15, -0.1) is 0 Å². The van der Waals surface area contributed by atoms with Gasteiger partial charge in [0.1, 0.15) is 5.82 Å². The zero-order valence-corrected chi connectivity index (χ0v) is 17.1. The lowest BCUT2D eigenvalue weighted by atomic mass is 9.71. The van der Waals surface area contributed by atoms with Gasteiger partial charge in [0.2, 0.25) is 0 Å². The zero-order chi connectivity index (χ0) is 19.8. The standard InChI is InChI=1S/C22H26ClN5O/c23-16-1-2-18-19(11-16)24-6-3-20(18)28-9-4-22(5-10-28)12-17(29)13-27(15-22)14-21-25-7-8-26-21/h1-3,6-8,11,17,29H,4-5,9-10,12-15H2,(H,25,26). The molecule has 29 heavy (non-hydrogen) atoms. The Labute approximate surface area is 175 Å². The summed E-state index contributed by atoms with van der Waals surface area (Å²) in [4.78, 5) is 16.8. The van der Waals surface area contributed by atoms with E-state index in [1.807, 2.05) is 24.5 Å². The zero-order valence-electron chi connectivity index (χ0n) is 16.4. The fourth-order valence-electron chi connectivity index (χ4n) is 5.15. The number of aromatic amines is 1. The number of aromatic nitrogens is 3. The van der Waals surface area contributed by atoms with Crippen LogP contribution in [0.2, 0.25) is 5.02 Å². The van der Waals surface area contributed by atoms with Gasteiger partial charge in [-0.05, 0) is 48.9 Å². The number of benzene rings is 1. The van der Waals surface area contributed by atoms with E-state index in [2.05, 4.69) is 36.9 Å². The van der Waals surface area contributed by atoms with Crippen LogP contribution in [-0.4, -0.2) is 57.2 Å². The van der Waals surface area contributed by atoms with Gasteiger partial charge in [-0.2, -0.15) is 0 Å². The van der Waals surface area contributed by atoms with E-state index < -0.39 is 0 Å². The van der Waals surface area contributed by atoms with Crippen LogP contribution < -0.4 is 4.90 Å². The minimum absolute atomic E-state index is 0.174. The number of fused-ring (bicyclic) bond motifs is 1. The number of anilines is 1. The molecule has 4 heterocycles. The highest BCUT2D eigenvalue weighted by atomic mass is 35.5. The molecule has 0 saturated carbocycles. The Morgan fingerprint density at radius 1 is 1.17 bits per heavy atom. The summed E-state index contributed by atoms with van der Waals surface area (Å²) in [6.07, 6.45) is 8.29. The van der Waals surface area contributed by atoms with Gasteiger partial charge in [0.25, 0.3) is 0 Å². The minimum atomic E-state index is -0.269. The molecule has 2 N–H and O–H groups in total. The van der Waals surface area contributed by atoms with Crippen molar-refractivity contribution in [2.45, 2.75) is 31.9 Å². The largest absolute Gasteiger partial charge is 0.392 e. The van der Waals surface area contributed by atoms with Crippen molar-refractivity contribution in [1.82, 2.24) is 19.9 Å². The molecule has 7 heteroatoms. The average Bonchev–Trinajstić information content (AvgIpc) is 3.20. The summed E-state index contributed by atoms with van der Waals surface area (Å²) >= 11 is 6.14. The summed E-state index contributed by atoms with van der Waals surface area (Å²) in [7, 11) is 0. The molecule has 1 unspecified atom stereocenters. The number of pyridine rings is 1. The van der Waals surface area contributed by atoms with Gasteiger partial charge in [0, 0.05) is 60.9 Å². The third kappa shape index (κ3) is 3.84. The fraction of sp³-hybridized carbons (Fsp3) is 0.455. The molecule has 1 atom stereocenters. The van der Waals surface area contributed by atoms with E-state index in [1.54, 1.807) is 6.20 Å². The molecule has 2 fully saturated rings. The molecule has 2 aliphatic heterocycles. The van der Waals surface area contributed by atoms with Crippen LogP contribution in [0.1, 0.15) is 25.1 Å². The number of rotatable bonds is 3. The maximum Gasteiger partial charge on any atom is 0.120 e. The highest BCUT2D eigenvalue weighted by Crippen LogP contribution is 2.42. The number of imidazole rings is 1. The Balaban J connectivity index is 1.32. The van der Waals surface area contributed by atoms with E-state index in [0.717, 1.165) is 68.7 Å². The van der Waals surface area contributed by atoms with Crippen LogP contribution in [0.3, 0.4) is 0 Å². The van der Waals surface area contributed by atoms with Gasteiger partial charge in [-0.3, -0.25) is 9.88 Å². The van der Waals surface area contributed by atoms with Crippen LogP contribution in [0.5, 0.6) is 0 Å². The molecule has 2 saturated heterocycles. The second-order valence-electron chi connectivity index (χ2n) is 8.54. The number of hydrogen-bond donors (Lipinski definition) is 2. The van der Waals surface area contributed by atoms with Crippen molar-refractivity contribution in [2.24, 2.45) is 5.41 Å². The van der Waals surface area contributed by atoms with Gasteiger partial charge >= 0.3 is 0 Å². The van der Waals surface area contributed by atoms with Crippen LogP contribution in [-0.2, 0) is 6.54 Å². The first-order valence-corrected chi connectivity index (χ1v) is 10.7. The summed E-state index contributed by atoms with van der Waals surface area (Å²) < 4.78 is 0. The number of nitrogens with one attached hydrogen (secondary N) is 1. The predicted octanol–water partition coefficient (Wildman–Crippen LogP) is 3.46. The van der Waals surface area contributed by atoms with Crippen molar-refractivity contribution in [3.8, 4) is 0 Å². The molecule has 0 bridgehead atoms. The van der Waals surface area contributed by atoms with Crippen molar-refractivity contribution in [3.05, 3.63) is 53.7 Å². The number of H-pyrrole nitrogens is 1. The summed E-state index contributed by atoms with van der Waals surface area (Å²) in [5, 5.41) is 12.4. The number of nitrogens with zero attached hydrogens (tertiary/aromatic N) is 4. The molecule has 6 nitrogen and oxygen atoms in total. The highest BCUT2D eigenvalue weighted by Gasteiger charge is 2.41. The van der Waals surface area contributed by atoms with Crippen LogP contribution in [0.15, 0.2) is 42.9 Å². The third-order valence-electron chi connectivity index (χ3n) is 6.47. The lowest BCUT2D eigenvalue weighted by Crippen LogP contribution is -2.53. The fourth-order valence-corrected chi connectivity index (χ4v) is 5.32. The predicted molar refractivity (Wildman–Crippen MR) is 115 cm³/mol. The molecule has 2 aromatic heterocycles. The van der Waals surface area contributed by atoms with Crippen molar-refractivity contribution in [3.63, 3.8) is 0 Å². The van der Waals surface area contributed by atoms with Gasteiger partial charge in [0.05, 0.1) is 18.2 Å². The molecule has 3 aromatic rings. The Bertz CT molecular complexity index is 984. The second kappa shape index (κ2) is 7.59. The topological polar surface area (TPSA) is 68.3 Å². The molecule has 0 amide bonds. The first-order chi connectivity index (χ1) is 14.1. The number of hydrogen-bond acceptors (Lipinski definition) is 5. The van der Waals surface area contributed by atoms with Gasteiger partial charge in [-0.25, -0.2) is 4.98 Å². The van der Waals surface area contributed by atoms with Gasteiger partial charge in [-0.1, -0.05) is 11.6 Å². The Hall–Kier alpha value is -2.15. The van der Waals surface area contributed by atoms with E-state index >= 15 is 0 Å². The second-order valence-corrected chi connectivity index (χ2v) is 8.98. The molecule has 0 radical (unpaired) electrons. The molecule has 5 rings (SSSR count). The lowest BCUT2D eigenvalue weighted by molar-refractivity contribution is -0.0259. The molecule has 152 valence electrons. The molecule has 1 aromatic carbocycles. The average molecular weight is 412 g/mol. The smallest absolute Gasteiger partial charge is 0.120 e. The quantitative estimate of drug-likeness (QED) is 0.690. The summed E-state index contributed by atoms with van der Waals surface area (Å²) in [6, 6.07) is 8.04. The maximum atomic E-state index is 10.6. The highest BCUT2D eigenvalue weighted by molar-refractivity contribution is 6.31. The third-order valence-corrected chi connectivity index (χ3v) is 6.71. The van der Waals surface area contributed by atoms with Crippen molar-refractivity contribution < 1.29 is 5.11 Å². The summed E-state index contributed by atoms with van der Waals surface area (Å²) in [5.41, 5.74) is 2.34. The molecular formula is C22H26ClN5O. The van der Waals surface area contributed by atoms with Crippen LogP contribution in [0.25, 0.3) is 10.9 Å². The number of halogens is 1. The monoisotopic (exact) mass is 411 g/mol. The van der Waals surface area contributed by atoms with E-state index in [4.69, 9.17) is 11.6 Å². The number of aliphatic hydroxyl groups excluding tert-OH is 1. The maximum absolute atomic E-state index is 10.6. The molecule has 1 spiro atoms. The lowest BCUT2D eigenvalue weighted by Gasteiger charge is -2.49. The van der Waals surface area contributed by atoms with Crippen LogP contribution in [0.4, 0.5) is 5.69 Å². The normalized spacial score (nSPS) is 22.4. The van der Waals surface area contributed by atoms with Gasteiger partial charge < -0.3 is 15.0 Å². The van der Waals surface area contributed by atoms with E-state index in [1.165, 1.54) is 5.69 Å². The molecular weight excluding hydrogens is 386 g/mol. The van der Waals surface area contributed by atoms with Crippen molar-refractivity contribution in [2.75, 3.05) is 31.1 Å². The van der Waals surface area contributed by atoms with E-state index in [9.17, 15) is 5.11 Å². The SMILES string of the molecule is OC1CN(Cc2ncc[nH]2)CC2(CCN(c3ccnc4cc(Cl)ccc34)CC2)C1. The Morgan fingerprint density at radius 2 is 2.03 bits per heavy atom. The number of likely N-dealkylation sites (tertiary alicyclic amines) is 1. The number of β-amino-alcohol motifs (C(OH)–C–C–N with tert-alkyl or cyclic N) is 1. The number of aliphatic hydroxyl groups is 1.